The lowest BCUT2D eigenvalue weighted by Gasteiger charge is -2.30. The number of hydrogen-bond acceptors (Lipinski definition) is 5. The number of nitrogens with zero attached hydrogens (tertiary/aromatic N) is 1. The number of amides is 2. The minimum atomic E-state index is -1.27. The van der Waals surface area contributed by atoms with Gasteiger partial charge in [-0.1, -0.05) is 29.4 Å². The summed E-state index contributed by atoms with van der Waals surface area (Å²) in [5.74, 6) is -1.27. The molecule has 1 saturated carbocycles. The summed E-state index contributed by atoms with van der Waals surface area (Å²) in [4.78, 5) is 36.3. The number of carboxylic acids is 1. The summed E-state index contributed by atoms with van der Waals surface area (Å²) in [6.07, 6.45) is 3.12. The number of hydrogen-bond donors (Lipinski definition) is 3. The largest absolute Gasteiger partial charge is 0.480 e. The van der Waals surface area contributed by atoms with Gasteiger partial charge < -0.3 is 20.3 Å². The van der Waals surface area contributed by atoms with E-state index >= 15 is 0 Å². The van der Waals surface area contributed by atoms with Crippen LogP contribution in [0.2, 0.25) is 0 Å². The first kappa shape index (κ1) is 22.5. The van der Waals surface area contributed by atoms with Crippen LogP contribution in [0.15, 0.2) is 53.1 Å². The molecule has 4 rings (SSSR count). The Bertz CT molecular complexity index is 1170. The summed E-state index contributed by atoms with van der Waals surface area (Å²) in [6, 6.07) is 15.0. The number of fused-ring (bicyclic) bond motifs is 1. The Morgan fingerprint density at radius 2 is 1.67 bits per heavy atom. The highest BCUT2D eigenvalue weighted by Crippen LogP contribution is 2.36. The van der Waals surface area contributed by atoms with Crippen LogP contribution in [0, 0.1) is 5.92 Å². The summed E-state index contributed by atoms with van der Waals surface area (Å²) < 4.78 is 5.21. The van der Waals surface area contributed by atoms with Gasteiger partial charge in [-0.25, -0.2) is 4.79 Å². The van der Waals surface area contributed by atoms with Crippen molar-refractivity contribution in [2.24, 2.45) is 5.92 Å². The van der Waals surface area contributed by atoms with E-state index in [1.807, 2.05) is 36.4 Å². The van der Waals surface area contributed by atoms with Gasteiger partial charge in [0.1, 0.15) is 11.1 Å². The van der Waals surface area contributed by atoms with Crippen LogP contribution in [-0.2, 0) is 9.59 Å². The second-order valence-electron chi connectivity index (χ2n) is 9.07. The molecule has 2 aromatic carbocycles. The van der Waals surface area contributed by atoms with Crippen molar-refractivity contribution >= 4 is 34.4 Å². The van der Waals surface area contributed by atoms with E-state index in [0.717, 1.165) is 18.4 Å². The number of benzene rings is 2. The second kappa shape index (κ2) is 9.05. The molecule has 0 bridgehead atoms. The normalized spacial score (nSPS) is 18.6. The zero-order valence-electron chi connectivity index (χ0n) is 18.6. The third-order valence-electron chi connectivity index (χ3n) is 6.30. The fraction of sp³-hybridized carbons (Fsp3) is 0.360. The molecule has 3 N–H and O–H groups in total. The molecule has 8 heteroatoms. The van der Waals surface area contributed by atoms with Crippen LogP contribution >= 0.6 is 0 Å². The van der Waals surface area contributed by atoms with Gasteiger partial charge in [0.15, 0.2) is 0 Å². The maximum Gasteiger partial charge on any atom is 0.328 e. The molecule has 0 unspecified atom stereocenters. The molecule has 1 aliphatic rings. The van der Waals surface area contributed by atoms with Gasteiger partial charge in [0, 0.05) is 11.6 Å². The Hall–Kier alpha value is -3.68. The van der Waals surface area contributed by atoms with Gasteiger partial charge in [-0.15, -0.1) is 0 Å². The molecule has 2 amide bonds. The van der Waals surface area contributed by atoms with E-state index < -0.39 is 11.5 Å². The predicted molar refractivity (Wildman–Crippen MR) is 123 cm³/mol. The van der Waals surface area contributed by atoms with Crippen LogP contribution in [0.1, 0.15) is 61.6 Å². The Kier molecular flexibility index (Phi) is 6.18. The van der Waals surface area contributed by atoms with E-state index in [9.17, 15) is 19.5 Å². The Morgan fingerprint density at radius 3 is 2.33 bits per heavy atom. The molecule has 1 aliphatic carbocycles. The first-order chi connectivity index (χ1) is 15.7. The Labute approximate surface area is 191 Å². The lowest BCUT2D eigenvalue weighted by molar-refractivity contribution is -0.146. The first-order valence-corrected chi connectivity index (χ1v) is 11.1. The van der Waals surface area contributed by atoms with E-state index in [-0.39, 0.29) is 23.5 Å². The Balaban J connectivity index is 1.33. The lowest BCUT2D eigenvalue weighted by Crippen LogP contribution is -2.51. The SMILES string of the molecule is CC(C)(NC(=O)[C@H]1CC[C@H](c2ccc(NC(=O)c3onc4ccccc34)cc2)CC1)C(=O)O. The van der Waals surface area contributed by atoms with Crippen molar-refractivity contribution < 1.29 is 24.0 Å². The average molecular weight is 450 g/mol. The van der Waals surface area contributed by atoms with Crippen molar-refractivity contribution in [1.82, 2.24) is 10.5 Å². The number of nitrogens with one attached hydrogen (secondary N) is 2. The molecule has 0 aliphatic heterocycles. The van der Waals surface area contributed by atoms with Gasteiger partial charge in [-0.3, -0.25) is 9.59 Å². The molecule has 0 radical (unpaired) electrons. The van der Waals surface area contributed by atoms with Gasteiger partial charge in [0.2, 0.25) is 11.7 Å². The molecule has 3 aromatic rings. The highest BCUT2D eigenvalue weighted by molar-refractivity contribution is 6.10. The highest BCUT2D eigenvalue weighted by atomic mass is 16.5. The topological polar surface area (TPSA) is 122 Å². The van der Waals surface area contributed by atoms with Crippen molar-refractivity contribution in [3.05, 3.63) is 59.9 Å². The number of carbonyl (C=O) groups excluding carboxylic acids is 2. The van der Waals surface area contributed by atoms with Gasteiger partial charge >= 0.3 is 5.97 Å². The van der Waals surface area contributed by atoms with E-state index in [4.69, 9.17) is 4.52 Å². The fourth-order valence-corrected chi connectivity index (χ4v) is 4.23. The summed E-state index contributed by atoms with van der Waals surface area (Å²) in [5, 5.41) is 19.3. The number of aromatic nitrogens is 1. The van der Waals surface area contributed by atoms with Crippen LogP contribution < -0.4 is 10.6 Å². The van der Waals surface area contributed by atoms with Crippen molar-refractivity contribution in [2.75, 3.05) is 5.32 Å². The smallest absolute Gasteiger partial charge is 0.328 e. The summed E-state index contributed by atoms with van der Waals surface area (Å²) in [6.45, 7) is 2.98. The number of rotatable bonds is 6. The maximum atomic E-state index is 12.6. The molecule has 0 spiro atoms. The zero-order valence-corrected chi connectivity index (χ0v) is 18.6. The quantitative estimate of drug-likeness (QED) is 0.515. The molecular formula is C25H27N3O5. The molecule has 0 saturated heterocycles. The molecular weight excluding hydrogens is 422 g/mol. The molecule has 1 aromatic heterocycles. The fourth-order valence-electron chi connectivity index (χ4n) is 4.23. The van der Waals surface area contributed by atoms with Gasteiger partial charge in [-0.2, -0.15) is 0 Å². The summed E-state index contributed by atoms with van der Waals surface area (Å²) in [7, 11) is 0. The highest BCUT2D eigenvalue weighted by Gasteiger charge is 2.33. The van der Waals surface area contributed by atoms with Crippen molar-refractivity contribution in [3.63, 3.8) is 0 Å². The number of carboxylic acid groups (broad SMARTS) is 1. The van der Waals surface area contributed by atoms with Crippen LogP contribution in [0.3, 0.4) is 0 Å². The third-order valence-corrected chi connectivity index (χ3v) is 6.30. The molecule has 1 heterocycles. The minimum absolute atomic E-state index is 0.171. The van der Waals surface area contributed by atoms with E-state index in [1.165, 1.54) is 13.8 Å². The third kappa shape index (κ3) is 4.89. The van der Waals surface area contributed by atoms with Crippen LogP contribution in [-0.4, -0.2) is 33.6 Å². The lowest BCUT2D eigenvalue weighted by atomic mass is 9.78. The van der Waals surface area contributed by atoms with Gasteiger partial charge in [-0.05, 0) is 75.3 Å². The van der Waals surface area contributed by atoms with Gasteiger partial charge in [0.05, 0.1) is 5.39 Å². The standard InChI is InChI=1S/C25H27N3O5/c1-25(2,24(31)32)27-22(29)17-9-7-15(8-10-17)16-11-13-18(14-12-16)26-23(30)21-19-5-3-4-6-20(19)28-33-21/h3-6,11-15,17H,7-10H2,1-2H3,(H,26,30)(H,27,29)(H,31,32)/t15-,17-. The van der Waals surface area contributed by atoms with Crippen molar-refractivity contribution in [1.29, 1.82) is 0 Å². The van der Waals surface area contributed by atoms with E-state index in [0.29, 0.717) is 35.3 Å². The molecule has 0 atom stereocenters. The Morgan fingerprint density at radius 1 is 1.00 bits per heavy atom. The molecule has 8 nitrogen and oxygen atoms in total. The molecule has 33 heavy (non-hydrogen) atoms. The van der Waals surface area contributed by atoms with Gasteiger partial charge in [0.25, 0.3) is 5.91 Å². The second-order valence-corrected chi connectivity index (χ2v) is 9.07. The summed E-state index contributed by atoms with van der Waals surface area (Å²) >= 11 is 0. The molecule has 1 fully saturated rings. The van der Waals surface area contributed by atoms with Crippen LogP contribution in [0.5, 0.6) is 0 Å². The van der Waals surface area contributed by atoms with Crippen LogP contribution in [0.25, 0.3) is 10.9 Å². The average Bonchev–Trinajstić information content (AvgIpc) is 3.24. The zero-order chi connectivity index (χ0) is 23.6. The maximum absolute atomic E-state index is 12.6. The molecule has 172 valence electrons. The number of anilines is 1. The van der Waals surface area contributed by atoms with Crippen molar-refractivity contribution in [2.45, 2.75) is 51.0 Å². The predicted octanol–water partition coefficient (Wildman–Crippen LogP) is 4.33. The first-order valence-electron chi connectivity index (χ1n) is 11.1. The van der Waals surface area contributed by atoms with Crippen LogP contribution in [0.4, 0.5) is 5.69 Å². The minimum Gasteiger partial charge on any atom is -0.480 e. The summed E-state index contributed by atoms with van der Waals surface area (Å²) in [5.41, 5.74) is 1.18. The van der Waals surface area contributed by atoms with E-state index in [1.54, 1.807) is 12.1 Å². The number of carbonyl (C=O) groups is 3. The van der Waals surface area contributed by atoms with Crippen molar-refractivity contribution in [3.8, 4) is 0 Å². The van der Waals surface area contributed by atoms with E-state index in [2.05, 4.69) is 15.8 Å². The monoisotopic (exact) mass is 449 g/mol. The number of aliphatic carboxylic acids is 1.